The highest BCUT2D eigenvalue weighted by molar-refractivity contribution is 6.00. The van der Waals surface area contributed by atoms with Crippen molar-refractivity contribution in [2.75, 3.05) is 13.1 Å². The SMILES string of the molecule is CC(C)CN1CCC(=O)CC1=O. The number of hydrogen-bond donors (Lipinski definition) is 0. The van der Waals surface area contributed by atoms with Crippen LogP contribution in [-0.2, 0) is 9.59 Å². The maximum atomic E-state index is 11.2. The van der Waals surface area contributed by atoms with Crippen molar-refractivity contribution < 1.29 is 9.59 Å². The molecular weight excluding hydrogens is 154 g/mol. The van der Waals surface area contributed by atoms with Crippen molar-refractivity contribution in [2.45, 2.75) is 26.7 Å². The first kappa shape index (κ1) is 9.23. The van der Waals surface area contributed by atoms with Crippen molar-refractivity contribution in [3.8, 4) is 0 Å². The summed E-state index contributed by atoms with van der Waals surface area (Å²) in [7, 11) is 0. The van der Waals surface area contributed by atoms with Gasteiger partial charge in [-0.2, -0.15) is 0 Å². The van der Waals surface area contributed by atoms with Gasteiger partial charge in [0.2, 0.25) is 5.91 Å². The molecule has 1 rings (SSSR count). The van der Waals surface area contributed by atoms with Crippen LogP contribution in [0.15, 0.2) is 0 Å². The molecule has 0 aromatic carbocycles. The quantitative estimate of drug-likeness (QED) is 0.574. The third-order valence-electron chi connectivity index (χ3n) is 1.95. The van der Waals surface area contributed by atoms with Crippen LogP contribution in [0.5, 0.6) is 0 Å². The van der Waals surface area contributed by atoms with Crippen molar-refractivity contribution in [3.05, 3.63) is 0 Å². The molecule has 3 heteroatoms. The Morgan fingerprint density at radius 3 is 2.58 bits per heavy atom. The number of rotatable bonds is 2. The number of carbonyl (C=O) groups is 2. The molecule has 1 heterocycles. The summed E-state index contributed by atoms with van der Waals surface area (Å²) < 4.78 is 0. The van der Waals surface area contributed by atoms with Gasteiger partial charge in [-0.3, -0.25) is 9.59 Å². The number of likely N-dealkylation sites (tertiary alicyclic amines) is 1. The van der Waals surface area contributed by atoms with E-state index in [-0.39, 0.29) is 18.1 Å². The molecule has 1 fully saturated rings. The number of piperidine rings is 1. The number of carbonyl (C=O) groups excluding carboxylic acids is 2. The van der Waals surface area contributed by atoms with Gasteiger partial charge >= 0.3 is 0 Å². The monoisotopic (exact) mass is 169 g/mol. The lowest BCUT2D eigenvalue weighted by Gasteiger charge is -2.27. The van der Waals surface area contributed by atoms with E-state index in [1.54, 1.807) is 4.90 Å². The van der Waals surface area contributed by atoms with Gasteiger partial charge in [0, 0.05) is 19.5 Å². The third kappa shape index (κ3) is 2.32. The van der Waals surface area contributed by atoms with Crippen molar-refractivity contribution in [3.63, 3.8) is 0 Å². The van der Waals surface area contributed by atoms with Gasteiger partial charge in [-0.05, 0) is 5.92 Å². The molecule has 0 unspecified atom stereocenters. The van der Waals surface area contributed by atoms with E-state index in [0.29, 0.717) is 18.9 Å². The molecule has 1 aliphatic rings. The van der Waals surface area contributed by atoms with E-state index < -0.39 is 0 Å². The van der Waals surface area contributed by atoms with Gasteiger partial charge in [-0.1, -0.05) is 13.8 Å². The average molecular weight is 169 g/mol. The van der Waals surface area contributed by atoms with Crippen LogP contribution in [0, 0.1) is 5.92 Å². The Labute approximate surface area is 72.7 Å². The number of amides is 1. The van der Waals surface area contributed by atoms with E-state index >= 15 is 0 Å². The molecule has 0 N–H and O–H groups in total. The molecule has 0 radical (unpaired) electrons. The lowest BCUT2D eigenvalue weighted by Crippen LogP contribution is -2.40. The summed E-state index contributed by atoms with van der Waals surface area (Å²) in [6, 6.07) is 0. The van der Waals surface area contributed by atoms with Gasteiger partial charge < -0.3 is 4.90 Å². The van der Waals surface area contributed by atoms with Crippen LogP contribution >= 0.6 is 0 Å². The molecule has 1 aliphatic heterocycles. The Kier molecular flexibility index (Phi) is 2.84. The van der Waals surface area contributed by atoms with Crippen LogP contribution in [0.1, 0.15) is 26.7 Å². The second-order valence-electron chi connectivity index (χ2n) is 3.70. The van der Waals surface area contributed by atoms with Crippen molar-refractivity contribution in [1.82, 2.24) is 4.90 Å². The van der Waals surface area contributed by atoms with E-state index in [4.69, 9.17) is 0 Å². The van der Waals surface area contributed by atoms with Crippen LogP contribution in [-0.4, -0.2) is 29.7 Å². The molecule has 0 aliphatic carbocycles. The van der Waals surface area contributed by atoms with Gasteiger partial charge in [0.05, 0.1) is 6.42 Å². The molecule has 0 spiro atoms. The molecule has 68 valence electrons. The number of Topliss-reactive ketones (excluding diaryl/α,β-unsaturated/α-hetero) is 1. The van der Waals surface area contributed by atoms with Crippen LogP contribution in [0.4, 0.5) is 0 Å². The first-order valence-electron chi connectivity index (χ1n) is 4.39. The average Bonchev–Trinajstić information content (AvgIpc) is 1.94. The smallest absolute Gasteiger partial charge is 0.230 e. The van der Waals surface area contributed by atoms with Crippen molar-refractivity contribution in [1.29, 1.82) is 0 Å². The molecule has 0 atom stereocenters. The summed E-state index contributed by atoms with van der Waals surface area (Å²) in [4.78, 5) is 23.9. The Hall–Kier alpha value is -0.860. The van der Waals surface area contributed by atoms with Crippen LogP contribution in [0.2, 0.25) is 0 Å². The lowest BCUT2D eigenvalue weighted by molar-refractivity contribution is -0.139. The second-order valence-corrected chi connectivity index (χ2v) is 3.70. The fourth-order valence-electron chi connectivity index (χ4n) is 1.39. The summed E-state index contributed by atoms with van der Waals surface area (Å²) in [6.45, 7) is 5.55. The molecule has 3 nitrogen and oxygen atoms in total. The molecule has 0 aromatic heterocycles. The van der Waals surface area contributed by atoms with Gasteiger partial charge in [-0.15, -0.1) is 0 Å². The molecular formula is C9H15NO2. The summed E-state index contributed by atoms with van der Waals surface area (Å²) in [5.41, 5.74) is 0. The third-order valence-corrected chi connectivity index (χ3v) is 1.95. The first-order chi connectivity index (χ1) is 5.59. The number of hydrogen-bond acceptors (Lipinski definition) is 2. The van der Waals surface area contributed by atoms with E-state index in [2.05, 4.69) is 13.8 Å². The van der Waals surface area contributed by atoms with Crippen LogP contribution in [0.25, 0.3) is 0 Å². The minimum Gasteiger partial charge on any atom is -0.342 e. The lowest BCUT2D eigenvalue weighted by atomic mass is 10.1. The van der Waals surface area contributed by atoms with E-state index in [1.807, 2.05) is 0 Å². The Balaban J connectivity index is 2.45. The fourth-order valence-corrected chi connectivity index (χ4v) is 1.39. The molecule has 1 saturated heterocycles. The first-order valence-corrected chi connectivity index (χ1v) is 4.39. The maximum absolute atomic E-state index is 11.2. The molecule has 0 bridgehead atoms. The summed E-state index contributed by atoms with van der Waals surface area (Å²) in [6.07, 6.45) is 0.658. The zero-order chi connectivity index (χ0) is 9.14. The van der Waals surface area contributed by atoms with Gasteiger partial charge in [0.1, 0.15) is 5.78 Å². The molecule has 0 saturated carbocycles. The topological polar surface area (TPSA) is 37.4 Å². The standard InChI is InChI=1S/C9H15NO2/c1-7(2)6-10-4-3-8(11)5-9(10)12/h7H,3-6H2,1-2H3. The molecule has 12 heavy (non-hydrogen) atoms. The minimum absolute atomic E-state index is 0.0000463. The van der Waals surface area contributed by atoms with Gasteiger partial charge in [0.25, 0.3) is 0 Å². The Morgan fingerprint density at radius 1 is 1.42 bits per heavy atom. The van der Waals surface area contributed by atoms with Gasteiger partial charge in [0.15, 0.2) is 0 Å². The summed E-state index contributed by atoms with van der Waals surface area (Å²) in [5.74, 6) is 0.571. The zero-order valence-corrected chi connectivity index (χ0v) is 7.67. The second kappa shape index (κ2) is 3.70. The molecule has 1 amide bonds. The van der Waals surface area contributed by atoms with E-state index in [0.717, 1.165) is 6.54 Å². The number of ketones is 1. The minimum atomic E-state index is -0.0000463. The normalized spacial score (nSPS) is 19.1. The van der Waals surface area contributed by atoms with Crippen molar-refractivity contribution in [2.24, 2.45) is 5.92 Å². The van der Waals surface area contributed by atoms with E-state index in [9.17, 15) is 9.59 Å². The highest BCUT2D eigenvalue weighted by atomic mass is 16.2. The predicted molar refractivity (Wildman–Crippen MR) is 45.7 cm³/mol. The summed E-state index contributed by atoms with van der Waals surface area (Å²) in [5, 5.41) is 0. The van der Waals surface area contributed by atoms with Crippen molar-refractivity contribution >= 4 is 11.7 Å². The van der Waals surface area contributed by atoms with E-state index in [1.165, 1.54) is 0 Å². The number of nitrogens with zero attached hydrogens (tertiary/aromatic N) is 1. The van der Waals surface area contributed by atoms with Crippen LogP contribution in [0.3, 0.4) is 0 Å². The maximum Gasteiger partial charge on any atom is 0.230 e. The predicted octanol–water partition coefficient (Wildman–Crippen LogP) is 0.834. The zero-order valence-electron chi connectivity index (χ0n) is 7.67. The highest BCUT2D eigenvalue weighted by Gasteiger charge is 2.23. The molecule has 0 aromatic rings. The Bertz CT molecular complexity index is 199. The fraction of sp³-hybridized carbons (Fsp3) is 0.778. The highest BCUT2D eigenvalue weighted by Crippen LogP contribution is 2.09. The Morgan fingerprint density at radius 2 is 2.08 bits per heavy atom. The summed E-state index contributed by atoms with van der Waals surface area (Å²) >= 11 is 0. The largest absolute Gasteiger partial charge is 0.342 e. The van der Waals surface area contributed by atoms with Gasteiger partial charge in [-0.25, -0.2) is 0 Å². The van der Waals surface area contributed by atoms with Crippen LogP contribution < -0.4 is 0 Å².